The quantitative estimate of drug-likeness (QED) is 0.862. The Bertz CT molecular complexity index is 796. The van der Waals surface area contributed by atoms with E-state index in [-0.39, 0.29) is 17.4 Å². The number of amides is 1. The number of aryl methyl sites for hydroxylation is 1. The minimum Gasteiger partial charge on any atom is -0.490 e. The van der Waals surface area contributed by atoms with Gasteiger partial charge in [-0.25, -0.2) is 0 Å². The molecule has 0 aliphatic carbocycles. The Morgan fingerprint density at radius 3 is 2.68 bits per heavy atom. The average molecular weight is 348 g/mol. The number of rotatable bonds is 5. The Morgan fingerprint density at radius 1 is 1.16 bits per heavy atom. The van der Waals surface area contributed by atoms with E-state index in [2.05, 4.69) is 15.4 Å². The Morgan fingerprint density at radius 2 is 1.96 bits per heavy atom. The monoisotopic (exact) mass is 348 g/mol. The van der Waals surface area contributed by atoms with E-state index < -0.39 is 12.8 Å². The molecular weight excluding hydrogens is 330 g/mol. The summed E-state index contributed by atoms with van der Waals surface area (Å²) in [7, 11) is 0. The second-order valence-electron chi connectivity index (χ2n) is 5.57. The topological polar surface area (TPSA) is 59.6 Å². The number of fused-ring (bicyclic) bond motifs is 1. The molecule has 7 heteroatoms. The fourth-order valence-corrected chi connectivity index (χ4v) is 2.77. The maximum atomic E-state index is 12.5. The summed E-state index contributed by atoms with van der Waals surface area (Å²) in [5.41, 5.74) is 2.94. The summed E-state index contributed by atoms with van der Waals surface area (Å²) in [6, 6.07) is 10.1. The number of nitrogens with one attached hydrogen (secondary N) is 2. The van der Waals surface area contributed by atoms with Gasteiger partial charge in [-0.3, -0.25) is 4.79 Å². The van der Waals surface area contributed by atoms with Crippen molar-refractivity contribution in [3.05, 3.63) is 53.1 Å². The molecule has 1 atom stereocenters. The van der Waals surface area contributed by atoms with Crippen molar-refractivity contribution in [3.63, 3.8) is 0 Å². The van der Waals surface area contributed by atoms with E-state index in [0.29, 0.717) is 17.7 Å². The largest absolute Gasteiger partial charge is 0.490 e. The molecule has 2 N–H and O–H groups in total. The van der Waals surface area contributed by atoms with Crippen LogP contribution in [0, 0.1) is 6.92 Å². The zero-order valence-electron chi connectivity index (χ0n) is 13.8. The predicted octanol–water partition coefficient (Wildman–Crippen LogP) is 3.85. The number of anilines is 1. The maximum Gasteiger partial charge on any atom is 0.387 e. The Balaban J connectivity index is 1.93. The van der Waals surface area contributed by atoms with Crippen molar-refractivity contribution < 1.29 is 23.0 Å². The van der Waals surface area contributed by atoms with Crippen molar-refractivity contribution in [3.8, 4) is 11.5 Å². The van der Waals surface area contributed by atoms with Crippen LogP contribution in [-0.2, 0) is 0 Å². The number of halogens is 2. The fraction of sp³-hybridized carbons (Fsp3) is 0.278. The molecular formula is C18H18F2N2O3. The standard InChI is InChI=1S/C18H18F2N2O3/c1-3-24-14-9-11(7-8-13(14)25-18(19)20)16-21-15-10(2)5-4-6-12(15)17(23)22-16/h4-9,16,18,21H,3H2,1-2H3,(H,22,23)/t16-/m1/s1. The van der Waals surface area contributed by atoms with Gasteiger partial charge in [-0.15, -0.1) is 0 Å². The summed E-state index contributed by atoms with van der Waals surface area (Å²) in [6.07, 6.45) is -0.499. The third-order valence-electron chi connectivity index (χ3n) is 3.90. The van der Waals surface area contributed by atoms with E-state index in [1.165, 1.54) is 6.07 Å². The average Bonchev–Trinajstić information content (AvgIpc) is 2.57. The van der Waals surface area contributed by atoms with Gasteiger partial charge >= 0.3 is 6.61 Å². The van der Waals surface area contributed by atoms with Gasteiger partial charge in [0, 0.05) is 0 Å². The number of hydrogen-bond donors (Lipinski definition) is 2. The first-order valence-electron chi connectivity index (χ1n) is 7.88. The van der Waals surface area contributed by atoms with Gasteiger partial charge in [0.2, 0.25) is 0 Å². The number of carbonyl (C=O) groups excluding carboxylic acids is 1. The molecule has 1 heterocycles. The van der Waals surface area contributed by atoms with Gasteiger partial charge < -0.3 is 20.1 Å². The van der Waals surface area contributed by atoms with Crippen molar-refractivity contribution in [1.82, 2.24) is 5.32 Å². The molecule has 1 amide bonds. The van der Waals surface area contributed by atoms with Crippen LogP contribution in [0.1, 0.15) is 34.6 Å². The van der Waals surface area contributed by atoms with Gasteiger partial charge in [-0.2, -0.15) is 8.78 Å². The first kappa shape index (κ1) is 17.0. The number of alkyl halides is 2. The van der Waals surface area contributed by atoms with Crippen LogP contribution in [0.3, 0.4) is 0 Å². The third-order valence-corrected chi connectivity index (χ3v) is 3.90. The maximum absolute atomic E-state index is 12.5. The predicted molar refractivity (Wildman–Crippen MR) is 89.3 cm³/mol. The van der Waals surface area contributed by atoms with Crippen LogP contribution in [0.4, 0.5) is 14.5 Å². The number of benzene rings is 2. The Labute approximate surface area is 143 Å². The molecule has 0 saturated carbocycles. The molecule has 0 aromatic heterocycles. The number of carbonyl (C=O) groups is 1. The Hall–Kier alpha value is -2.83. The molecule has 0 spiro atoms. The molecule has 3 rings (SSSR count). The zero-order valence-corrected chi connectivity index (χ0v) is 13.8. The Kier molecular flexibility index (Phi) is 4.74. The molecule has 0 radical (unpaired) electrons. The van der Waals surface area contributed by atoms with Gasteiger partial charge in [-0.1, -0.05) is 18.2 Å². The summed E-state index contributed by atoms with van der Waals surface area (Å²) in [6.45, 7) is 1.02. The highest BCUT2D eigenvalue weighted by atomic mass is 19.3. The number of para-hydroxylation sites is 1. The van der Waals surface area contributed by atoms with Crippen LogP contribution >= 0.6 is 0 Å². The molecule has 0 unspecified atom stereocenters. The molecule has 132 valence electrons. The third kappa shape index (κ3) is 3.50. The zero-order chi connectivity index (χ0) is 18.0. The van der Waals surface area contributed by atoms with Crippen molar-refractivity contribution in [2.75, 3.05) is 11.9 Å². The highest BCUT2D eigenvalue weighted by Gasteiger charge is 2.26. The normalized spacial score (nSPS) is 16.0. The minimum atomic E-state index is -2.94. The van der Waals surface area contributed by atoms with Crippen LogP contribution < -0.4 is 20.1 Å². The molecule has 2 aromatic carbocycles. The SMILES string of the molecule is CCOc1cc([C@H]2NC(=O)c3cccc(C)c3N2)ccc1OC(F)F. The van der Waals surface area contributed by atoms with Gasteiger partial charge in [0.25, 0.3) is 5.91 Å². The second kappa shape index (κ2) is 6.96. The summed E-state index contributed by atoms with van der Waals surface area (Å²) in [5.74, 6) is -0.0421. The smallest absolute Gasteiger partial charge is 0.387 e. The van der Waals surface area contributed by atoms with Crippen LogP contribution in [0.5, 0.6) is 11.5 Å². The van der Waals surface area contributed by atoms with E-state index in [0.717, 1.165) is 11.3 Å². The molecule has 0 bridgehead atoms. The second-order valence-corrected chi connectivity index (χ2v) is 5.57. The first-order valence-corrected chi connectivity index (χ1v) is 7.88. The van der Waals surface area contributed by atoms with Crippen molar-refractivity contribution in [2.24, 2.45) is 0 Å². The van der Waals surface area contributed by atoms with E-state index >= 15 is 0 Å². The van der Waals surface area contributed by atoms with E-state index in [9.17, 15) is 13.6 Å². The van der Waals surface area contributed by atoms with E-state index in [1.54, 1.807) is 25.1 Å². The van der Waals surface area contributed by atoms with E-state index in [4.69, 9.17) is 4.74 Å². The summed E-state index contributed by atoms with van der Waals surface area (Å²) in [5, 5.41) is 6.12. The molecule has 0 saturated heterocycles. The lowest BCUT2D eigenvalue weighted by Crippen LogP contribution is -2.38. The fourth-order valence-electron chi connectivity index (χ4n) is 2.77. The van der Waals surface area contributed by atoms with Gasteiger partial charge in [0.05, 0.1) is 17.9 Å². The molecule has 1 aliphatic rings. The summed E-state index contributed by atoms with van der Waals surface area (Å²) < 4.78 is 34.9. The van der Waals surface area contributed by atoms with Gasteiger partial charge in [0.1, 0.15) is 6.17 Å². The molecule has 5 nitrogen and oxygen atoms in total. The van der Waals surface area contributed by atoms with E-state index in [1.807, 2.05) is 19.1 Å². The highest BCUT2D eigenvalue weighted by molar-refractivity contribution is 6.02. The molecule has 1 aliphatic heterocycles. The van der Waals surface area contributed by atoms with Crippen molar-refractivity contribution in [1.29, 1.82) is 0 Å². The van der Waals surface area contributed by atoms with Gasteiger partial charge in [0.15, 0.2) is 11.5 Å². The summed E-state index contributed by atoms with van der Waals surface area (Å²) >= 11 is 0. The number of ether oxygens (including phenoxy) is 2. The van der Waals surface area contributed by atoms with Crippen LogP contribution in [-0.4, -0.2) is 19.1 Å². The minimum absolute atomic E-state index is 0.0423. The van der Waals surface area contributed by atoms with Crippen LogP contribution in [0.25, 0.3) is 0 Å². The van der Waals surface area contributed by atoms with Crippen LogP contribution in [0.15, 0.2) is 36.4 Å². The lowest BCUT2D eigenvalue weighted by molar-refractivity contribution is -0.0514. The lowest BCUT2D eigenvalue weighted by Gasteiger charge is -2.29. The first-order chi connectivity index (χ1) is 12.0. The lowest BCUT2D eigenvalue weighted by atomic mass is 10.0. The highest BCUT2D eigenvalue weighted by Crippen LogP contribution is 2.34. The summed E-state index contributed by atoms with van der Waals surface area (Å²) in [4.78, 5) is 12.3. The number of hydrogen-bond acceptors (Lipinski definition) is 4. The molecule has 2 aromatic rings. The molecule has 0 fully saturated rings. The van der Waals surface area contributed by atoms with Crippen molar-refractivity contribution >= 4 is 11.6 Å². The van der Waals surface area contributed by atoms with Crippen LogP contribution in [0.2, 0.25) is 0 Å². The van der Waals surface area contributed by atoms with Crippen molar-refractivity contribution in [2.45, 2.75) is 26.6 Å². The van der Waals surface area contributed by atoms with Gasteiger partial charge in [-0.05, 0) is 43.2 Å². The molecule has 25 heavy (non-hydrogen) atoms.